The molecule has 1 aromatic rings. The van der Waals surface area contributed by atoms with Crippen LogP contribution in [0.25, 0.3) is 0 Å². The van der Waals surface area contributed by atoms with E-state index in [1.165, 1.54) is 6.07 Å². The average Bonchev–Trinajstić information content (AvgIpc) is 3.14. The van der Waals surface area contributed by atoms with Crippen molar-refractivity contribution in [2.75, 3.05) is 6.61 Å². The number of halogens is 1. The van der Waals surface area contributed by atoms with Gasteiger partial charge in [0.05, 0.1) is 5.92 Å². The quantitative estimate of drug-likeness (QED) is 0.838. The first-order chi connectivity index (χ1) is 9.47. The minimum Gasteiger partial charge on any atom is -0.455 e. The van der Waals surface area contributed by atoms with E-state index in [9.17, 15) is 14.0 Å². The summed E-state index contributed by atoms with van der Waals surface area (Å²) in [7, 11) is 0. The lowest BCUT2D eigenvalue weighted by atomic mass is 10.1. The summed E-state index contributed by atoms with van der Waals surface area (Å²) < 4.78 is 18.0. The van der Waals surface area contributed by atoms with Crippen LogP contribution in [0.5, 0.6) is 0 Å². The Kier molecular flexibility index (Phi) is 4.37. The summed E-state index contributed by atoms with van der Waals surface area (Å²) in [6, 6.07) is 4.65. The van der Waals surface area contributed by atoms with Crippen LogP contribution in [0.1, 0.15) is 24.5 Å². The third kappa shape index (κ3) is 3.79. The molecule has 0 aromatic heterocycles. The normalized spacial score (nSPS) is 20.4. The van der Waals surface area contributed by atoms with Gasteiger partial charge in [-0.25, -0.2) is 4.39 Å². The highest BCUT2D eigenvalue weighted by atomic mass is 19.1. The highest BCUT2D eigenvalue weighted by Crippen LogP contribution is 2.38. The fourth-order valence-corrected chi connectivity index (χ4v) is 1.96. The molecule has 0 radical (unpaired) electrons. The standard InChI is InChI=1S/C15H18FNO3/c1-9-6-12(9)15(19)20-8-14(18)17-7-11-3-4-13(16)10(2)5-11/h3-5,9,12H,6-8H2,1-2H3,(H,17,18)/t9-,12-/m0/s1. The Morgan fingerprint density at radius 2 is 2.15 bits per heavy atom. The minimum absolute atomic E-state index is 0.0393. The van der Waals surface area contributed by atoms with Gasteiger partial charge in [-0.1, -0.05) is 19.1 Å². The smallest absolute Gasteiger partial charge is 0.309 e. The van der Waals surface area contributed by atoms with E-state index >= 15 is 0 Å². The number of aryl methyl sites for hydroxylation is 1. The van der Waals surface area contributed by atoms with Crippen LogP contribution in [0, 0.1) is 24.6 Å². The zero-order chi connectivity index (χ0) is 14.7. The Morgan fingerprint density at radius 3 is 2.75 bits per heavy atom. The summed E-state index contributed by atoms with van der Waals surface area (Å²) in [5.41, 5.74) is 1.34. The minimum atomic E-state index is -0.353. The van der Waals surface area contributed by atoms with Crippen LogP contribution in [-0.2, 0) is 20.9 Å². The average molecular weight is 279 g/mol. The second kappa shape index (κ2) is 6.03. The van der Waals surface area contributed by atoms with Crippen LogP contribution in [0.15, 0.2) is 18.2 Å². The SMILES string of the molecule is Cc1cc(CNC(=O)COC(=O)[C@H]2C[C@@H]2C)ccc1F. The predicted octanol–water partition coefficient (Wildman–Crippen LogP) is 1.95. The van der Waals surface area contributed by atoms with E-state index in [-0.39, 0.29) is 36.8 Å². The molecule has 1 aromatic carbocycles. The van der Waals surface area contributed by atoms with Crippen LogP contribution in [0.2, 0.25) is 0 Å². The van der Waals surface area contributed by atoms with Gasteiger partial charge >= 0.3 is 5.97 Å². The van der Waals surface area contributed by atoms with E-state index in [1.807, 2.05) is 6.92 Å². The molecule has 0 unspecified atom stereocenters. The van der Waals surface area contributed by atoms with Gasteiger partial charge in [-0.15, -0.1) is 0 Å². The molecule has 20 heavy (non-hydrogen) atoms. The van der Waals surface area contributed by atoms with Crippen molar-refractivity contribution >= 4 is 11.9 Å². The lowest BCUT2D eigenvalue weighted by Crippen LogP contribution is -2.28. The molecule has 0 aliphatic heterocycles. The van der Waals surface area contributed by atoms with E-state index in [1.54, 1.807) is 19.1 Å². The van der Waals surface area contributed by atoms with E-state index in [4.69, 9.17) is 4.74 Å². The van der Waals surface area contributed by atoms with Crippen LogP contribution < -0.4 is 5.32 Å². The number of benzene rings is 1. The zero-order valence-electron chi connectivity index (χ0n) is 11.6. The molecule has 2 rings (SSSR count). The molecular weight excluding hydrogens is 261 g/mol. The highest BCUT2D eigenvalue weighted by Gasteiger charge is 2.40. The maximum Gasteiger partial charge on any atom is 0.309 e. The maximum absolute atomic E-state index is 13.1. The zero-order valence-corrected chi connectivity index (χ0v) is 11.6. The van der Waals surface area contributed by atoms with Gasteiger partial charge in [0.25, 0.3) is 5.91 Å². The molecule has 0 heterocycles. The highest BCUT2D eigenvalue weighted by molar-refractivity contribution is 5.82. The molecule has 5 heteroatoms. The number of ether oxygens (including phenoxy) is 1. The van der Waals surface area contributed by atoms with Crippen molar-refractivity contribution in [3.8, 4) is 0 Å². The van der Waals surface area contributed by atoms with Gasteiger partial charge in [-0.2, -0.15) is 0 Å². The number of hydrogen-bond acceptors (Lipinski definition) is 3. The van der Waals surface area contributed by atoms with Gasteiger partial charge in [0.2, 0.25) is 0 Å². The molecule has 1 N–H and O–H groups in total. The Bertz CT molecular complexity index is 530. The molecule has 4 nitrogen and oxygen atoms in total. The van der Waals surface area contributed by atoms with E-state index in [2.05, 4.69) is 5.32 Å². The Hall–Kier alpha value is -1.91. The number of carbonyl (C=O) groups is 2. The summed E-state index contributed by atoms with van der Waals surface area (Å²) in [5.74, 6) is -0.596. The molecule has 108 valence electrons. The number of rotatable bonds is 5. The first-order valence-electron chi connectivity index (χ1n) is 6.65. The van der Waals surface area contributed by atoms with Crippen molar-refractivity contribution < 1.29 is 18.7 Å². The third-order valence-electron chi connectivity index (χ3n) is 3.47. The summed E-state index contributed by atoms with van der Waals surface area (Å²) in [5, 5.41) is 2.63. The number of hydrogen-bond donors (Lipinski definition) is 1. The molecule has 0 bridgehead atoms. The number of amides is 1. The molecule has 2 atom stereocenters. The maximum atomic E-state index is 13.1. The van der Waals surface area contributed by atoms with Gasteiger partial charge in [0.1, 0.15) is 5.82 Å². The molecule has 1 saturated carbocycles. The molecule has 0 saturated heterocycles. The van der Waals surface area contributed by atoms with Crippen molar-refractivity contribution in [2.24, 2.45) is 11.8 Å². The summed E-state index contributed by atoms with van der Waals surface area (Å²) in [4.78, 5) is 23.0. The van der Waals surface area contributed by atoms with Crippen molar-refractivity contribution in [3.05, 3.63) is 35.1 Å². The van der Waals surface area contributed by atoms with Crippen molar-refractivity contribution in [1.29, 1.82) is 0 Å². The lowest BCUT2D eigenvalue weighted by molar-refractivity contribution is -0.150. The van der Waals surface area contributed by atoms with Gasteiger partial charge in [-0.3, -0.25) is 9.59 Å². The van der Waals surface area contributed by atoms with Gasteiger partial charge in [0.15, 0.2) is 6.61 Å². The first kappa shape index (κ1) is 14.5. The summed E-state index contributed by atoms with van der Waals surface area (Å²) in [6.45, 7) is 3.67. The predicted molar refractivity (Wildman–Crippen MR) is 71.2 cm³/mol. The fraction of sp³-hybridized carbons (Fsp3) is 0.467. The number of carbonyl (C=O) groups excluding carboxylic acids is 2. The molecule has 0 spiro atoms. The van der Waals surface area contributed by atoms with Crippen LogP contribution in [0.4, 0.5) is 4.39 Å². The van der Waals surface area contributed by atoms with Crippen LogP contribution in [0.3, 0.4) is 0 Å². The molecule has 1 aliphatic carbocycles. The van der Waals surface area contributed by atoms with E-state index in [0.717, 1.165) is 12.0 Å². The van der Waals surface area contributed by atoms with E-state index in [0.29, 0.717) is 11.5 Å². The molecule has 1 aliphatic rings. The molecular formula is C15H18FNO3. The molecule has 1 amide bonds. The second-order valence-corrected chi connectivity index (χ2v) is 5.29. The van der Waals surface area contributed by atoms with Crippen molar-refractivity contribution in [1.82, 2.24) is 5.32 Å². The first-order valence-corrected chi connectivity index (χ1v) is 6.65. The summed E-state index contributed by atoms with van der Waals surface area (Å²) >= 11 is 0. The van der Waals surface area contributed by atoms with Crippen molar-refractivity contribution in [3.63, 3.8) is 0 Å². The van der Waals surface area contributed by atoms with Crippen LogP contribution in [-0.4, -0.2) is 18.5 Å². The van der Waals surface area contributed by atoms with Crippen LogP contribution >= 0.6 is 0 Å². The summed E-state index contributed by atoms with van der Waals surface area (Å²) in [6.07, 6.45) is 0.843. The lowest BCUT2D eigenvalue weighted by Gasteiger charge is -2.07. The topological polar surface area (TPSA) is 55.4 Å². The van der Waals surface area contributed by atoms with Crippen molar-refractivity contribution in [2.45, 2.75) is 26.8 Å². The Morgan fingerprint density at radius 1 is 1.45 bits per heavy atom. The number of esters is 1. The largest absolute Gasteiger partial charge is 0.455 e. The Labute approximate surface area is 117 Å². The van der Waals surface area contributed by atoms with Gasteiger partial charge < -0.3 is 10.1 Å². The second-order valence-electron chi connectivity index (χ2n) is 5.29. The van der Waals surface area contributed by atoms with Gasteiger partial charge in [-0.05, 0) is 36.5 Å². The third-order valence-corrected chi connectivity index (χ3v) is 3.47. The Balaban J connectivity index is 1.72. The van der Waals surface area contributed by atoms with E-state index < -0.39 is 0 Å². The van der Waals surface area contributed by atoms with Gasteiger partial charge in [0, 0.05) is 6.54 Å². The monoisotopic (exact) mass is 279 g/mol. The number of nitrogens with one attached hydrogen (secondary N) is 1. The fourth-order valence-electron chi connectivity index (χ4n) is 1.96. The molecule has 1 fully saturated rings.